The van der Waals surface area contributed by atoms with Crippen LogP contribution >= 0.6 is 23.2 Å². The van der Waals surface area contributed by atoms with Gasteiger partial charge in [-0.3, -0.25) is 0 Å². The highest BCUT2D eigenvalue weighted by Crippen LogP contribution is 2.27. The lowest BCUT2D eigenvalue weighted by Gasteiger charge is -2.21. The van der Waals surface area contributed by atoms with E-state index in [2.05, 4.69) is 25.2 Å². The summed E-state index contributed by atoms with van der Waals surface area (Å²) in [4.78, 5) is 0. The molecule has 114 valence electrons. The van der Waals surface area contributed by atoms with Gasteiger partial charge < -0.3 is 10.1 Å². The van der Waals surface area contributed by atoms with Gasteiger partial charge in [-0.2, -0.15) is 0 Å². The van der Waals surface area contributed by atoms with Gasteiger partial charge in [-0.25, -0.2) is 0 Å². The van der Waals surface area contributed by atoms with Crippen molar-refractivity contribution in [1.82, 2.24) is 5.32 Å². The van der Waals surface area contributed by atoms with E-state index in [9.17, 15) is 0 Å². The Kier molecular flexibility index (Phi) is 8.55. The third-order valence-corrected chi connectivity index (χ3v) is 4.36. The van der Waals surface area contributed by atoms with E-state index in [1.54, 1.807) is 7.11 Å². The van der Waals surface area contributed by atoms with Crippen molar-refractivity contribution < 1.29 is 4.74 Å². The van der Waals surface area contributed by atoms with E-state index in [0.29, 0.717) is 16.1 Å². The summed E-state index contributed by atoms with van der Waals surface area (Å²) in [6.45, 7) is 5.29. The van der Waals surface area contributed by atoms with Crippen molar-refractivity contribution in [2.75, 3.05) is 13.7 Å². The maximum atomic E-state index is 6.28. The molecule has 2 unspecified atom stereocenters. The molecule has 0 saturated heterocycles. The zero-order chi connectivity index (χ0) is 15.0. The number of methoxy groups -OCH3 is 1. The normalized spacial score (nSPS) is 14.2. The number of ether oxygens (including phenoxy) is 1. The Morgan fingerprint density at radius 3 is 2.65 bits per heavy atom. The lowest BCUT2D eigenvalue weighted by atomic mass is 10.00. The van der Waals surface area contributed by atoms with Crippen molar-refractivity contribution in [3.63, 3.8) is 0 Å². The largest absolute Gasteiger partial charge is 0.382 e. The first-order valence-corrected chi connectivity index (χ1v) is 8.03. The zero-order valence-electron chi connectivity index (χ0n) is 12.6. The lowest BCUT2D eigenvalue weighted by molar-refractivity contribution is 0.106. The number of hydrogen-bond donors (Lipinski definition) is 1. The number of hydrogen-bond acceptors (Lipinski definition) is 2. The van der Waals surface area contributed by atoms with E-state index in [1.807, 2.05) is 12.1 Å². The van der Waals surface area contributed by atoms with Crippen LogP contribution in [0.15, 0.2) is 18.2 Å². The molecule has 1 aromatic rings. The summed E-state index contributed by atoms with van der Waals surface area (Å²) in [6.07, 6.45) is 4.42. The summed E-state index contributed by atoms with van der Waals surface area (Å²) in [5.74, 6) is 0. The second kappa shape index (κ2) is 9.62. The average molecular weight is 318 g/mol. The highest BCUT2D eigenvalue weighted by Gasteiger charge is 2.14. The molecule has 0 radical (unpaired) electrons. The third kappa shape index (κ3) is 6.01. The van der Waals surface area contributed by atoms with E-state index < -0.39 is 0 Å². The van der Waals surface area contributed by atoms with Crippen LogP contribution in [0.1, 0.15) is 38.7 Å². The van der Waals surface area contributed by atoms with E-state index in [4.69, 9.17) is 27.9 Å². The van der Waals surface area contributed by atoms with E-state index in [-0.39, 0.29) is 6.10 Å². The summed E-state index contributed by atoms with van der Waals surface area (Å²) >= 11 is 12.4. The molecule has 0 aromatic heterocycles. The molecule has 4 heteroatoms. The monoisotopic (exact) mass is 317 g/mol. The first-order valence-electron chi connectivity index (χ1n) is 7.27. The molecule has 0 spiro atoms. The maximum Gasteiger partial charge on any atom is 0.0624 e. The van der Waals surface area contributed by atoms with Crippen LogP contribution in [0.25, 0.3) is 0 Å². The van der Waals surface area contributed by atoms with E-state index in [0.717, 1.165) is 37.8 Å². The number of rotatable bonds is 9. The third-order valence-electron chi connectivity index (χ3n) is 3.50. The molecule has 1 aromatic carbocycles. The van der Waals surface area contributed by atoms with Crippen molar-refractivity contribution in [3.8, 4) is 0 Å². The van der Waals surface area contributed by atoms with Crippen LogP contribution in [-0.4, -0.2) is 25.8 Å². The van der Waals surface area contributed by atoms with Crippen molar-refractivity contribution in [2.24, 2.45) is 0 Å². The predicted octanol–water partition coefficient (Wildman–Crippen LogP) is 4.72. The van der Waals surface area contributed by atoms with Crippen molar-refractivity contribution in [1.29, 1.82) is 0 Å². The highest BCUT2D eigenvalue weighted by atomic mass is 35.5. The quantitative estimate of drug-likeness (QED) is 0.711. The van der Waals surface area contributed by atoms with Gasteiger partial charge in [0.15, 0.2) is 0 Å². The first kappa shape index (κ1) is 17.8. The van der Waals surface area contributed by atoms with Gasteiger partial charge in [0.1, 0.15) is 0 Å². The molecule has 0 aliphatic rings. The molecule has 2 nitrogen and oxygen atoms in total. The van der Waals surface area contributed by atoms with Gasteiger partial charge in [-0.1, -0.05) is 42.3 Å². The van der Waals surface area contributed by atoms with Crippen LogP contribution < -0.4 is 5.32 Å². The van der Waals surface area contributed by atoms with Gasteiger partial charge in [0.05, 0.1) is 16.1 Å². The van der Waals surface area contributed by atoms with Crippen LogP contribution in [-0.2, 0) is 11.2 Å². The molecule has 0 aliphatic carbocycles. The zero-order valence-corrected chi connectivity index (χ0v) is 14.1. The van der Waals surface area contributed by atoms with Crippen LogP contribution in [0.4, 0.5) is 0 Å². The van der Waals surface area contributed by atoms with Crippen molar-refractivity contribution in [3.05, 3.63) is 33.8 Å². The van der Waals surface area contributed by atoms with Crippen molar-refractivity contribution in [2.45, 2.75) is 51.7 Å². The Hall–Kier alpha value is -0.280. The van der Waals surface area contributed by atoms with Crippen LogP contribution in [0, 0.1) is 0 Å². The molecule has 20 heavy (non-hydrogen) atoms. The summed E-state index contributed by atoms with van der Waals surface area (Å²) in [5, 5.41) is 4.89. The molecule has 1 rings (SSSR count). The standard InChI is InChI=1S/C16H25Cl2NO/c1-4-10-19-14(9-8-12(2)20-3)11-13-6-5-7-15(17)16(13)18/h5-7,12,14,19H,4,8-11H2,1-3H3. The van der Waals surface area contributed by atoms with E-state index >= 15 is 0 Å². The van der Waals surface area contributed by atoms with Crippen LogP contribution in [0.2, 0.25) is 10.0 Å². The van der Waals surface area contributed by atoms with Gasteiger partial charge in [0, 0.05) is 13.2 Å². The summed E-state index contributed by atoms with van der Waals surface area (Å²) in [6, 6.07) is 6.24. The molecule has 0 bridgehead atoms. The van der Waals surface area contributed by atoms with Gasteiger partial charge in [0.2, 0.25) is 0 Å². The second-order valence-electron chi connectivity index (χ2n) is 5.19. The number of halogens is 2. The smallest absolute Gasteiger partial charge is 0.0624 e. The fraction of sp³-hybridized carbons (Fsp3) is 0.625. The topological polar surface area (TPSA) is 21.3 Å². The Bertz CT molecular complexity index is 398. The molecule has 0 saturated carbocycles. The van der Waals surface area contributed by atoms with Gasteiger partial charge >= 0.3 is 0 Å². The SMILES string of the molecule is CCCNC(CCC(C)OC)Cc1cccc(Cl)c1Cl. The van der Waals surface area contributed by atoms with Crippen LogP contribution in [0.3, 0.4) is 0 Å². The Balaban J connectivity index is 2.65. The van der Waals surface area contributed by atoms with Crippen LogP contribution in [0.5, 0.6) is 0 Å². The minimum absolute atomic E-state index is 0.288. The summed E-state index contributed by atoms with van der Waals surface area (Å²) < 4.78 is 5.32. The molecule has 0 aliphatic heterocycles. The Morgan fingerprint density at radius 1 is 1.25 bits per heavy atom. The average Bonchev–Trinajstić information content (AvgIpc) is 2.45. The molecule has 0 heterocycles. The van der Waals surface area contributed by atoms with Gasteiger partial charge in [-0.05, 0) is 50.8 Å². The Morgan fingerprint density at radius 2 is 2.00 bits per heavy atom. The number of nitrogens with one attached hydrogen (secondary N) is 1. The maximum absolute atomic E-state index is 6.28. The van der Waals surface area contributed by atoms with E-state index in [1.165, 1.54) is 0 Å². The molecular weight excluding hydrogens is 293 g/mol. The molecule has 0 amide bonds. The lowest BCUT2D eigenvalue weighted by Crippen LogP contribution is -2.32. The second-order valence-corrected chi connectivity index (χ2v) is 5.98. The summed E-state index contributed by atoms with van der Waals surface area (Å²) in [5.41, 5.74) is 1.11. The van der Waals surface area contributed by atoms with Gasteiger partial charge in [-0.15, -0.1) is 0 Å². The Labute approximate surface area is 132 Å². The molecule has 1 N–H and O–H groups in total. The first-order chi connectivity index (χ1) is 9.58. The fourth-order valence-corrected chi connectivity index (χ4v) is 2.55. The van der Waals surface area contributed by atoms with Crippen molar-refractivity contribution >= 4 is 23.2 Å². The fourth-order valence-electron chi connectivity index (χ4n) is 2.15. The minimum atomic E-state index is 0.288. The molecule has 2 atom stereocenters. The molecular formula is C16H25Cl2NO. The predicted molar refractivity (Wildman–Crippen MR) is 88.0 cm³/mol. The summed E-state index contributed by atoms with van der Waals surface area (Å²) in [7, 11) is 1.76. The highest BCUT2D eigenvalue weighted by molar-refractivity contribution is 6.42. The van der Waals surface area contributed by atoms with Gasteiger partial charge in [0.25, 0.3) is 0 Å². The molecule has 0 fully saturated rings. The minimum Gasteiger partial charge on any atom is -0.382 e. The number of benzene rings is 1.